The van der Waals surface area contributed by atoms with Crippen LogP contribution in [0.4, 0.5) is 0 Å². The largest absolute Gasteiger partial charge is 0.508 e. The van der Waals surface area contributed by atoms with Crippen molar-refractivity contribution in [1.82, 2.24) is 0 Å². The molecule has 2 aromatic rings. The Labute approximate surface area is 208 Å². The lowest BCUT2D eigenvalue weighted by Gasteiger charge is -2.43. The van der Waals surface area contributed by atoms with Crippen LogP contribution >= 0.6 is 0 Å². The number of allylic oxidation sites excluding steroid dienone is 2. The van der Waals surface area contributed by atoms with E-state index in [1.54, 1.807) is 0 Å². The van der Waals surface area contributed by atoms with Crippen LogP contribution in [0.15, 0.2) is 54.6 Å². The first-order chi connectivity index (χ1) is 16.4. The van der Waals surface area contributed by atoms with Crippen LogP contribution in [0, 0.1) is 23.2 Å². The van der Waals surface area contributed by atoms with Crippen molar-refractivity contribution in [3.05, 3.63) is 76.9 Å². The molecule has 1 saturated carbocycles. The molecule has 1 heteroatoms. The summed E-state index contributed by atoms with van der Waals surface area (Å²) in [5.74, 6) is 2.78. The zero-order chi connectivity index (χ0) is 24.0. The van der Waals surface area contributed by atoms with Gasteiger partial charge in [0.15, 0.2) is 0 Å². The molecule has 184 valence electrons. The van der Waals surface area contributed by atoms with E-state index in [1.165, 1.54) is 80.0 Å². The predicted octanol–water partition coefficient (Wildman–Crippen LogP) is 9.06. The normalized spacial score (nSPS) is 27.1. The minimum Gasteiger partial charge on any atom is -0.508 e. The molecule has 2 aromatic carbocycles. The summed E-state index contributed by atoms with van der Waals surface area (Å²) in [7, 11) is 0. The van der Waals surface area contributed by atoms with E-state index in [9.17, 15) is 5.11 Å². The number of aromatic hydroxyl groups is 1. The van der Waals surface area contributed by atoms with Crippen molar-refractivity contribution in [3.8, 4) is 5.75 Å². The second kappa shape index (κ2) is 11.6. The Morgan fingerprint density at radius 1 is 1.00 bits per heavy atom. The minimum atomic E-state index is 0.377. The van der Waals surface area contributed by atoms with Gasteiger partial charge in [-0.05, 0) is 109 Å². The van der Waals surface area contributed by atoms with Crippen LogP contribution in [0.5, 0.6) is 5.75 Å². The summed E-state index contributed by atoms with van der Waals surface area (Å²) in [5, 5.41) is 10.6. The molecular formula is C33H46O. The summed E-state index contributed by atoms with van der Waals surface area (Å²) in [6, 6.07) is 15.3. The quantitative estimate of drug-likeness (QED) is 0.293. The highest BCUT2D eigenvalue weighted by molar-refractivity contribution is 5.39. The van der Waals surface area contributed by atoms with Gasteiger partial charge in [-0.1, -0.05) is 88.9 Å². The number of aryl methyl sites for hydroxylation is 1. The highest BCUT2D eigenvalue weighted by Gasteiger charge is 2.37. The average molecular weight is 459 g/mol. The number of hydrogen-bond acceptors (Lipinski definition) is 1. The van der Waals surface area contributed by atoms with E-state index >= 15 is 0 Å². The molecule has 0 heterocycles. The van der Waals surface area contributed by atoms with E-state index in [1.807, 2.05) is 12.1 Å². The number of hydrogen-bond donors (Lipinski definition) is 1. The molecule has 0 saturated heterocycles. The third-order valence-corrected chi connectivity index (χ3v) is 8.67. The molecule has 0 spiro atoms. The van der Waals surface area contributed by atoms with Crippen LogP contribution < -0.4 is 0 Å². The zero-order valence-electron chi connectivity index (χ0n) is 21.9. The molecule has 0 amide bonds. The molecule has 34 heavy (non-hydrogen) atoms. The SMILES string of the molecule is CCCCCc1ccccc1Cc1cc(O)cc(C[C@@H]2CCC[C@H]([C@@]3(C)C=CC[C@H](C)C3)C2)c1. The fraction of sp³-hybridized carbons (Fsp3) is 0.576. The fourth-order valence-corrected chi connectivity index (χ4v) is 6.91. The van der Waals surface area contributed by atoms with Crippen LogP contribution in [0.3, 0.4) is 0 Å². The summed E-state index contributed by atoms with van der Waals surface area (Å²) >= 11 is 0. The first-order valence-corrected chi connectivity index (χ1v) is 14.0. The Kier molecular flexibility index (Phi) is 8.56. The smallest absolute Gasteiger partial charge is 0.116 e. The minimum absolute atomic E-state index is 0.377. The Balaban J connectivity index is 1.44. The van der Waals surface area contributed by atoms with E-state index in [0.717, 1.165) is 37.0 Å². The first kappa shape index (κ1) is 25.1. The third-order valence-electron chi connectivity index (χ3n) is 8.67. The molecule has 4 atom stereocenters. The molecule has 4 rings (SSSR count). The summed E-state index contributed by atoms with van der Waals surface area (Å²) in [5.41, 5.74) is 5.84. The molecule has 0 radical (unpaired) electrons. The Hall–Kier alpha value is -2.02. The first-order valence-electron chi connectivity index (χ1n) is 14.0. The van der Waals surface area contributed by atoms with Crippen molar-refractivity contribution in [1.29, 1.82) is 0 Å². The number of phenols is 1. The van der Waals surface area contributed by atoms with Crippen LogP contribution in [-0.2, 0) is 19.3 Å². The van der Waals surface area contributed by atoms with Gasteiger partial charge in [0.05, 0.1) is 0 Å². The molecule has 0 bridgehead atoms. The number of benzene rings is 2. The molecule has 0 unspecified atom stereocenters. The highest BCUT2D eigenvalue weighted by atomic mass is 16.3. The molecule has 1 fully saturated rings. The van der Waals surface area contributed by atoms with Crippen LogP contribution in [0.25, 0.3) is 0 Å². The van der Waals surface area contributed by atoms with Gasteiger partial charge >= 0.3 is 0 Å². The molecule has 1 nitrogen and oxygen atoms in total. The lowest BCUT2D eigenvalue weighted by Crippen LogP contribution is -2.33. The van der Waals surface area contributed by atoms with Gasteiger partial charge in [0, 0.05) is 0 Å². The summed E-state index contributed by atoms with van der Waals surface area (Å²) in [4.78, 5) is 0. The van der Waals surface area contributed by atoms with Gasteiger partial charge in [-0.25, -0.2) is 0 Å². The van der Waals surface area contributed by atoms with Gasteiger partial charge in [0.2, 0.25) is 0 Å². The second-order valence-corrected chi connectivity index (χ2v) is 11.8. The molecule has 2 aliphatic carbocycles. The lowest BCUT2D eigenvalue weighted by molar-refractivity contribution is 0.119. The molecule has 2 aliphatic rings. The van der Waals surface area contributed by atoms with Crippen molar-refractivity contribution in [2.45, 2.75) is 97.8 Å². The van der Waals surface area contributed by atoms with Crippen LogP contribution in [0.2, 0.25) is 0 Å². The van der Waals surface area contributed by atoms with Gasteiger partial charge in [0.25, 0.3) is 0 Å². The van der Waals surface area contributed by atoms with Crippen molar-refractivity contribution in [2.75, 3.05) is 0 Å². The van der Waals surface area contributed by atoms with Crippen molar-refractivity contribution >= 4 is 0 Å². The Bertz CT molecular complexity index is 957. The standard InChI is InChI=1S/C33H46O/c1-4-5-6-13-29-14-7-8-15-30(29)20-28-19-27(22-32(34)23-28)18-26-12-9-16-31(21-26)33(3)17-10-11-25(2)24-33/h7-8,10,14-15,17,19,22-23,25-26,31,34H,4-6,9,11-13,16,18,20-21,24H2,1-3H3/t25-,26-,31-,33-/m0/s1. The van der Waals surface area contributed by atoms with Gasteiger partial charge in [0.1, 0.15) is 5.75 Å². The maximum atomic E-state index is 10.6. The van der Waals surface area contributed by atoms with Crippen LogP contribution in [-0.4, -0.2) is 5.11 Å². The third kappa shape index (κ3) is 6.55. The van der Waals surface area contributed by atoms with Crippen molar-refractivity contribution < 1.29 is 5.11 Å². The summed E-state index contributed by atoms with van der Waals surface area (Å²) in [6.07, 6.45) is 20.0. The number of phenolic OH excluding ortho intramolecular Hbond substituents is 1. The fourth-order valence-electron chi connectivity index (χ4n) is 6.91. The van der Waals surface area contributed by atoms with Gasteiger partial charge in [-0.2, -0.15) is 0 Å². The molecule has 1 N–H and O–H groups in total. The van der Waals surface area contributed by atoms with E-state index in [4.69, 9.17) is 0 Å². The zero-order valence-corrected chi connectivity index (χ0v) is 21.9. The molecule has 0 aliphatic heterocycles. The van der Waals surface area contributed by atoms with Crippen LogP contribution in [0.1, 0.15) is 101 Å². The van der Waals surface area contributed by atoms with E-state index in [-0.39, 0.29) is 0 Å². The van der Waals surface area contributed by atoms with Gasteiger partial charge in [-0.3, -0.25) is 0 Å². The predicted molar refractivity (Wildman–Crippen MR) is 145 cm³/mol. The highest BCUT2D eigenvalue weighted by Crippen LogP contribution is 2.48. The van der Waals surface area contributed by atoms with E-state index < -0.39 is 0 Å². The van der Waals surface area contributed by atoms with Crippen molar-refractivity contribution in [2.24, 2.45) is 23.2 Å². The van der Waals surface area contributed by atoms with E-state index in [0.29, 0.717) is 11.2 Å². The second-order valence-electron chi connectivity index (χ2n) is 11.8. The summed E-state index contributed by atoms with van der Waals surface area (Å²) in [6.45, 7) is 7.19. The maximum absolute atomic E-state index is 10.6. The lowest BCUT2D eigenvalue weighted by atomic mass is 9.61. The summed E-state index contributed by atoms with van der Waals surface area (Å²) < 4.78 is 0. The topological polar surface area (TPSA) is 20.2 Å². The van der Waals surface area contributed by atoms with Gasteiger partial charge < -0.3 is 5.11 Å². The van der Waals surface area contributed by atoms with Gasteiger partial charge in [-0.15, -0.1) is 0 Å². The monoisotopic (exact) mass is 458 g/mol. The Morgan fingerprint density at radius 3 is 2.59 bits per heavy atom. The molecule has 0 aromatic heterocycles. The van der Waals surface area contributed by atoms with Crippen molar-refractivity contribution in [3.63, 3.8) is 0 Å². The number of unbranched alkanes of at least 4 members (excludes halogenated alkanes) is 2. The number of rotatable bonds is 9. The van der Waals surface area contributed by atoms with E-state index in [2.05, 4.69) is 63.3 Å². The molecular weight excluding hydrogens is 412 g/mol. The average Bonchev–Trinajstić information content (AvgIpc) is 2.80. The maximum Gasteiger partial charge on any atom is 0.116 e. The Morgan fingerprint density at radius 2 is 1.79 bits per heavy atom.